The summed E-state index contributed by atoms with van der Waals surface area (Å²) in [5, 5.41) is 12.3. The maximum absolute atomic E-state index is 10.3. The Hall–Kier alpha value is -1.50. The van der Waals surface area contributed by atoms with Crippen molar-refractivity contribution >= 4 is 33.2 Å². The van der Waals surface area contributed by atoms with Crippen molar-refractivity contribution in [1.82, 2.24) is 9.88 Å². The molecule has 1 N–H and O–H groups in total. The molecule has 0 radical (unpaired) electrons. The van der Waals surface area contributed by atoms with Crippen LogP contribution in [0.2, 0.25) is 5.02 Å². The van der Waals surface area contributed by atoms with Crippen molar-refractivity contribution in [3.05, 3.63) is 64.1 Å². The first-order valence-electron chi connectivity index (χ1n) is 9.75. The average Bonchev–Trinajstić information content (AvgIpc) is 3.14. The SMILES string of the molecule is OC(COCc1ccc(Cl)cc1)CN1CCC(c2nc3ccccc3s2)CC1. The molecule has 1 aliphatic rings. The van der Waals surface area contributed by atoms with E-state index in [4.69, 9.17) is 21.3 Å². The summed E-state index contributed by atoms with van der Waals surface area (Å²) in [6.07, 6.45) is 1.72. The molecule has 1 aliphatic heterocycles. The van der Waals surface area contributed by atoms with E-state index in [2.05, 4.69) is 23.1 Å². The van der Waals surface area contributed by atoms with Crippen LogP contribution in [0.4, 0.5) is 0 Å². The second-order valence-electron chi connectivity index (χ2n) is 7.39. The van der Waals surface area contributed by atoms with E-state index in [1.807, 2.05) is 41.7 Å². The number of nitrogens with zero attached hydrogens (tertiary/aromatic N) is 2. The first kappa shape index (κ1) is 19.8. The van der Waals surface area contributed by atoms with E-state index in [-0.39, 0.29) is 0 Å². The molecule has 4 nitrogen and oxygen atoms in total. The largest absolute Gasteiger partial charge is 0.389 e. The number of ether oxygens (including phenoxy) is 1. The zero-order chi connectivity index (χ0) is 19.3. The summed E-state index contributed by atoms with van der Waals surface area (Å²) in [4.78, 5) is 7.15. The molecule has 4 rings (SSSR count). The van der Waals surface area contributed by atoms with Crippen LogP contribution in [0.15, 0.2) is 48.5 Å². The van der Waals surface area contributed by atoms with Crippen molar-refractivity contribution in [2.75, 3.05) is 26.2 Å². The van der Waals surface area contributed by atoms with Crippen LogP contribution in [0, 0.1) is 0 Å². The zero-order valence-corrected chi connectivity index (χ0v) is 17.3. The Bertz CT molecular complexity index is 858. The summed E-state index contributed by atoms with van der Waals surface area (Å²) >= 11 is 7.71. The summed E-state index contributed by atoms with van der Waals surface area (Å²) in [6.45, 7) is 3.49. The molecule has 0 bridgehead atoms. The van der Waals surface area contributed by atoms with E-state index in [1.165, 1.54) is 9.71 Å². The lowest BCUT2D eigenvalue weighted by atomic mass is 9.97. The third kappa shape index (κ3) is 5.10. The van der Waals surface area contributed by atoms with E-state index in [0.29, 0.717) is 25.7 Å². The highest BCUT2D eigenvalue weighted by Gasteiger charge is 2.24. The molecule has 2 heterocycles. The molecular formula is C22H25ClN2O2S. The lowest BCUT2D eigenvalue weighted by molar-refractivity contribution is 0.00622. The van der Waals surface area contributed by atoms with Crippen LogP contribution in [0.25, 0.3) is 10.2 Å². The molecule has 1 fully saturated rings. The highest BCUT2D eigenvalue weighted by Crippen LogP contribution is 2.33. The topological polar surface area (TPSA) is 45.6 Å². The monoisotopic (exact) mass is 416 g/mol. The Labute approximate surface area is 174 Å². The standard InChI is InChI=1S/C22H25ClN2O2S/c23-18-7-5-16(6-8-18)14-27-15-19(26)13-25-11-9-17(10-12-25)22-24-20-3-1-2-4-21(20)28-22/h1-8,17,19,26H,9-15H2. The predicted molar refractivity (Wildman–Crippen MR) is 115 cm³/mol. The Morgan fingerprint density at radius 2 is 1.89 bits per heavy atom. The minimum atomic E-state index is -0.466. The second kappa shape index (κ2) is 9.33. The smallest absolute Gasteiger partial charge is 0.0970 e. The first-order valence-corrected chi connectivity index (χ1v) is 10.9. The summed E-state index contributed by atoms with van der Waals surface area (Å²) in [5.74, 6) is 0.534. The summed E-state index contributed by atoms with van der Waals surface area (Å²) < 4.78 is 6.93. The van der Waals surface area contributed by atoms with Gasteiger partial charge in [0, 0.05) is 17.5 Å². The number of piperidine rings is 1. The third-order valence-corrected chi connectivity index (χ3v) is 6.66. The van der Waals surface area contributed by atoms with Gasteiger partial charge in [-0.25, -0.2) is 4.98 Å². The van der Waals surface area contributed by atoms with Crippen molar-refractivity contribution in [3.63, 3.8) is 0 Å². The number of aromatic nitrogens is 1. The molecule has 1 unspecified atom stereocenters. The number of para-hydroxylation sites is 1. The van der Waals surface area contributed by atoms with Crippen LogP contribution in [-0.2, 0) is 11.3 Å². The number of benzene rings is 2. The summed E-state index contributed by atoms with van der Waals surface area (Å²) in [6, 6.07) is 16.0. The molecule has 0 saturated carbocycles. The van der Waals surface area contributed by atoms with Gasteiger partial charge in [0.25, 0.3) is 0 Å². The maximum atomic E-state index is 10.3. The molecule has 0 aliphatic carbocycles. The Balaban J connectivity index is 1.20. The van der Waals surface area contributed by atoms with Crippen LogP contribution in [0.1, 0.15) is 29.3 Å². The minimum Gasteiger partial charge on any atom is -0.389 e. The predicted octanol–water partition coefficient (Wildman–Crippen LogP) is 4.71. The number of aliphatic hydroxyl groups excluding tert-OH is 1. The van der Waals surface area contributed by atoms with Crippen molar-refractivity contribution < 1.29 is 9.84 Å². The quantitative estimate of drug-likeness (QED) is 0.606. The van der Waals surface area contributed by atoms with Crippen LogP contribution >= 0.6 is 22.9 Å². The van der Waals surface area contributed by atoms with Crippen LogP contribution in [0.5, 0.6) is 0 Å². The molecular weight excluding hydrogens is 392 g/mol. The van der Waals surface area contributed by atoms with Gasteiger partial charge in [0.2, 0.25) is 0 Å². The van der Waals surface area contributed by atoms with E-state index in [0.717, 1.165) is 42.0 Å². The fourth-order valence-corrected chi connectivity index (χ4v) is 4.93. The van der Waals surface area contributed by atoms with Gasteiger partial charge >= 0.3 is 0 Å². The van der Waals surface area contributed by atoms with Gasteiger partial charge in [0.15, 0.2) is 0 Å². The lowest BCUT2D eigenvalue weighted by Crippen LogP contribution is -2.39. The molecule has 1 saturated heterocycles. The van der Waals surface area contributed by atoms with Gasteiger partial charge in [-0.05, 0) is 55.8 Å². The third-order valence-electron chi connectivity index (χ3n) is 5.21. The lowest BCUT2D eigenvalue weighted by Gasteiger charge is -2.32. The van der Waals surface area contributed by atoms with Crippen molar-refractivity contribution in [2.45, 2.75) is 31.5 Å². The number of thiazole rings is 1. The molecule has 1 aromatic heterocycles. The average molecular weight is 417 g/mol. The van der Waals surface area contributed by atoms with Crippen molar-refractivity contribution in [1.29, 1.82) is 0 Å². The Morgan fingerprint density at radius 1 is 1.14 bits per heavy atom. The van der Waals surface area contributed by atoms with Crippen molar-refractivity contribution in [2.24, 2.45) is 0 Å². The number of β-amino-alcohol motifs (C(OH)–C–C–N with tert-alkyl or cyclic N) is 1. The number of rotatable bonds is 7. The highest BCUT2D eigenvalue weighted by molar-refractivity contribution is 7.18. The number of halogens is 1. The fraction of sp³-hybridized carbons (Fsp3) is 0.409. The van der Waals surface area contributed by atoms with E-state index in [1.54, 1.807) is 0 Å². The van der Waals surface area contributed by atoms with E-state index >= 15 is 0 Å². The molecule has 3 aromatic rings. The van der Waals surface area contributed by atoms with E-state index in [9.17, 15) is 5.11 Å². The molecule has 6 heteroatoms. The number of hydrogen-bond donors (Lipinski definition) is 1. The number of likely N-dealkylation sites (tertiary alicyclic amines) is 1. The second-order valence-corrected chi connectivity index (χ2v) is 8.89. The molecule has 148 valence electrons. The molecule has 0 amide bonds. The molecule has 2 aromatic carbocycles. The van der Waals surface area contributed by atoms with Gasteiger partial charge in [0.1, 0.15) is 0 Å². The summed E-state index contributed by atoms with van der Waals surface area (Å²) in [5.41, 5.74) is 2.17. The van der Waals surface area contributed by atoms with Gasteiger partial charge < -0.3 is 14.7 Å². The van der Waals surface area contributed by atoms with Crippen LogP contribution in [0.3, 0.4) is 0 Å². The molecule has 0 spiro atoms. The van der Waals surface area contributed by atoms with E-state index < -0.39 is 6.10 Å². The first-order chi connectivity index (χ1) is 13.7. The van der Waals surface area contributed by atoms with Gasteiger partial charge in [-0.15, -0.1) is 11.3 Å². The minimum absolute atomic E-state index is 0.348. The normalized spacial score (nSPS) is 17.2. The zero-order valence-electron chi connectivity index (χ0n) is 15.8. The fourth-order valence-electron chi connectivity index (χ4n) is 3.67. The Morgan fingerprint density at radius 3 is 2.64 bits per heavy atom. The van der Waals surface area contributed by atoms with Crippen LogP contribution in [-0.4, -0.2) is 47.3 Å². The van der Waals surface area contributed by atoms with Gasteiger partial charge in [-0.1, -0.05) is 35.9 Å². The number of fused-ring (bicyclic) bond motifs is 1. The number of hydrogen-bond acceptors (Lipinski definition) is 5. The highest BCUT2D eigenvalue weighted by atomic mass is 35.5. The van der Waals surface area contributed by atoms with Crippen molar-refractivity contribution in [3.8, 4) is 0 Å². The molecule has 28 heavy (non-hydrogen) atoms. The summed E-state index contributed by atoms with van der Waals surface area (Å²) in [7, 11) is 0. The van der Waals surface area contributed by atoms with Crippen LogP contribution < -0.4 is 0 Å². The van der Waals surface area contributed by atoms with Gasteiger partial charge in [0.05, 0.1) is 34.5 Å². The molecule has 1 atom stereocenters. The van der Waals surface area contributed by atoms with Gasteiger partial charge in [-0.3, -0.25) is 0 Å². The van der Waals surface area contributed by atoms with Gasteiger partial charge in [-0.2, -0.15) is 0 Å². The maximum Gasteiger partial charge on any atom is 0.0970 e. The Kier molecular flexibility index (Phi) is 6.60. The number of aliphatic hydroxyl groups is 1.